The van der Waals surface area contributed by atoms with Crippen LogP contribution < -0.4 is 0 Å². The van der Waals surface area contributed by atoms with Crippen LogP contribution in [0.15, 0.2) is 18.6 Å². The van der Waals surface area contributed by atoms with Gasteiger partial charge in [-0.3, -0.25) is 0 Å². The summed E-state index contributed by atoms with van der Waals surface area (Å²) in [6, 6.07) is 2.03. The summed E-state index contributed by atoms with van der Waals surface area (Å²) in [6.07, 6.45) is 6.07. The molecular weight excluding hydrogens is 250 g/mol. The number of aromatic nitrogens is 4. The molecule has 0 saturated carbocycles. The van der Waals surface area contributed by atoms with Crippen molar-refractivity contribution < 1.29 is 0 Å². The normalized spacial score (nSPS) is 20.2. The maximum Gasteiger partial charge on any atom is 0.133 e. The van der Waals surface area contributed by atoms with E-state index in [1.165, 1.54) is 19.4 Å². The van der Waals surface area contributed by atoms with Gasteiger partial charge in [0.25, 0.3) is 0 Å². The second-order valence-corrected chi connectivity index (χ2v) is 5.74. The lowest BCUT2D eigenvalue weighted by Crippen LogP contribution is -2.31. The van der Waals surface area contributed by atoms with E-state index in [1.54, 1.807) is 6.33 Å². The van der Waals surface area contributed by atoms with Crippen molar-refractivity contribution in [3.05, 3.63) is 30.1 Å². The molecule has 5 heteroatoms. The molecule has 0 N–H and O–H groups in total. The van der Waals surface area contributed by atoms with Gasteiger partial charge in [-0.15, -0.1) is 0 Å². The van der Waals surface area contributed by atoms with E-state index < -0.39 is 0 Å². The molecule has 1 saturated heterocycles. The lowest BCUT2D eigenvalue weighted by molar-refractivity contribution is 0.246. The van der Waals surface area contributed by atoms with Crippen LogP contribution >= 0.6 is 0 Å². The Morgan fingerprint density at radius 1 is 1.25 bits per heavy atom. The van der Waals surface area contributed by atoms with Gasteiger partial charge in [-0.1, -0.05) is 0 Å². The van der Waals surface area contributed by atoms with E-state index in [4.69, 9.17) is 4.98 Å². The van der Waals surface area contributed by atoms with E-state index in [-0.39, 0.29) is 0 Å². The fraction of sp³-hybridized carbons (Fsp3) is 0.533. The molecule has 0 unspecified atom stereocenters. The molecule has 3 heterocycles. The van der Waals surface area contributed by atoms with Crippen molar-refractivity contribution in [3.63, 3.8) is 0 Å². The van der Waals surface area contributed by atoms with E-state index in [2.05, 4.69) is 21.9 Å². The first-order chi connectivity index (χ1) is 9.63. The average molecular weight is 271 g/mol. The highest BCUT2D eigenvalue weighted by Gasteiger charge is 2.22. The first kappa shape index (κ1) is 13.2. The summed E-state index contributed by atoms with van der Waals surface area (Å²) >= 11 is 0. The Balaban J connectivity index is 1.96. The lowest BCUT2D eigenvalue weighted by atomic mass is 9.97. The fourth-order valence-corrected chi connectivity index (χ4v) is 2.89. The standard InChI is InChI=1S/C15H21N5/c1-11-7-13(14-8-16-10-20(14)3)18-15(17-11)12-5-4-6-19(2)9-12/h7-8,10,12H,4-6,9H2,1-3H3/t12-/m0/s1. The highest BCUT2D eigenvalue weighted by Crippen LogP contribution is 2.26. The molecule has 1 fully saturated rings. The minimum Gasteiger partial charge on any atom is -0.332 e. The summed E-state index contributed by atoms with van der Waals surface area (Å²) in [6.45, 7) is 4.27. The van der Waals surface area contributed by atoms with Gasteiger partial charge in [-0.2, -0.15) is 0 Å². The smallest absolute Gasteiger partial charge is 0.133 e. The molecule has 2 aromatic heterocycles. The maximum absolute atomic E-state index is 4.80. The summed E-state index contributed by atoms with van der Waals surface area (Å²) in [5.41, 5.74) is 3.04. The Bertz CT molecular complexity index is 604. The van der Waals surface area contributed by atoms with Crippen LogP contribution in [0.5, 0.6) is 0 Å². The van der Waals surface area contributed by atoms with Gasteiger partial charge in [0.05, 0.1) is 23.9 Å². The van der Waals surface area contributed by atoms with E-state index >= 15 is 0 Å². The van der Waals surface area contributed by atoms with Crippen molar-refractivity contribution in [1.82, 2.24) is 24.4 Å². The second-order valence-electron chi connectivity index (χ2n) is 5.74. The fourth-order valence-electron chi connectivity index (χ4n) is 2.89. The molecular formula is C15H21N5. The zero-order valence-electron chi connectivity index (χ0n) is 12.4. The molecule has 1 aliphatic rings. The quantitative estimate of drug-likeness (QED) is 0.838. The molecule has 0 spiro atoms. The SMILES string of the molecule is Cc1cc(-c2cncn2C)nc([C@H]2CCCN(C)C2)n1. The number of hydrogen-bond donors (Lipinski definition) is 0. The molecule has 5 nitrogen and oxygen atoms in total. The van der Waals surface area contributed by atoms with Crippen molar-refractivity contribution in [2.45, 2.75) is 25.7 Å². The van der Waals surface area contributed by atoms with E-state index in [0.717, 1.165) is 29.5 Å². The van der Waals surface area contributed by atoms with E-state index in [0.29, 0.717) is 5.92 Å². The topological polar surface area (TPSA) is 46.8 Å². The average Bonchev–Trinajstić information content (AvgIpc) is 2.84. The Labute approximate surface area is 119 Å². The maximum atomic E-state index is 4.80. The summed E-state index contributed by atoms with van der Waals surface area (Å²) in [5.74, 6) is 1.42. The highest BCUT2D eigenvalue weighted by molar-refractivity contribution is 5.54. The van der Waals surface area contributed by atoms with Gasteiger partial charge in [0, 0.05) is 25.2 Å². The van der Waals surface area contributed by atoms with Crippen molar-refractivity contribution in [1.29, 1.82) is 0 Å². The number of imidazole rings is 1. The van der Waals surface area contributed by atoms with Crippen LogP contribution in [0, 0.1) is 6.92 Å². The molecule has 3 rings (SSSR count). The van der Waals surface area contributed by atoms with Gasteiger partial charge in [-0.25, -0.2) is 15.0 Å². The predicted octanol–water partition coefficient (Wildman–Crippen LogP) is 1.99. The van der Waals surface area contributed by atoms with E-state index in [9.17, 15) is 0 Å². The molecule has 0 radical (unpaired) electrons. The number of likely N-dealkylation sites (tertiary alicyclic amines) is 1. The van der Waals surface area contributed by atoms with Crippen molar-refractivity contribution >= 4 is 0 Å². The third-order valence-corrected chi connectivity index (χ3v) is 3.94. The van der Waals surface area contributed by atoms with Crippen LogP contribution in [0.1, 0.15) is 30.3 Å². The molecule has 106 valence electrons. The second kappa shape index (κ2) is 5.32. The van der Waals surface area contributed by atoms with Crippen LogP contribution in [0.4, 0.5) is 0 Å². The number of likely N-dealkylation sites (N-methyl/N-ethyl adjacent to an activating group) is 1. The number of aryl methyl sites for hydroxylation is 2. The summed E-state index contributed by atoms with van der Waals surface area (Å²) in [5, 5.41) is 0. The third-order valence-electron chi connectivity index (χ3n) is 3.94. The first-order valence-corrected chi connectivity index (χ1v) is 7.14. The zero-order chi connectivity index (χ0) is 14.1. The van der Waals surface area contributed by atoms with Crippen molar-refractivity contribution in [2.75, 3.05) is 20.1 Å². The summed E-state index contributed by atoms with van der Waals surface area (Å²) < 4.78 is 2.00. The van der Waals surface area contributed by atoms with Crippen LogP contribution in [-0.2, 0) is 7.05 Å². The summed E-state index contributed by atoms with van der Waals surface area (Å²) in [7, 11) is 4.16. The Kier molecular flexibility index (Phi) is 3.53. The van der Waals surface area contributed by atoms with Gasteiger partial charge in [-0.05, 0) is 39.4 Å². The number of piperidine rings is 1. The van der Waals surface area contributed by atoms with Crippen LogP contribution in [-0.4, -0.2) is 44.6 Å². The Morgan fingerprint density at radius 2 is 2.10 bits per heavy atom. The first-order valence-electron chi connectivity index (χ1n) is 7.14. The molecule has 20 heavy (non-hydrogen) atoms. The van der Waals surface area contributed by atoms with Crippen LogP contribution in [0.3, 0.4) is 0 Å². The number of hydrogen-bond acceptors (Lipinski definition) is 4. The van der Waals surface area contributed by atoms with Gasteiger partial charge < -0.3 is 9.47 Å². The van der Waals surface area contributed by atoms with Crippen molar-refractivity contribution in [3.8, 4) is 11.4 Å². The van der Waals surface area contributed by atoms with Crippen molar-refractivity contribution in [2.24, 2.45) is 7.05 Å². The lowest BCUT2D eigenvalue weighted by Gasteiger charge is -2.28. The van der Waals surface area contributed by atoms with E-state index in [1.807, 2.05) is 30.8 Å². The predicted molar refractivity (Wildman–Crippen MR) is 78.4 cm³/mol. The molecule has 0 aliphatic carbocycles. The minimum absolute atomic E-state index is 0.445. The number of rotatable bonds is 2. The van der Waals surface area contributed by atoms with Crippen LogP contribution in [0.25, 0.3) is 11.4 Å². The molecule has 1 atom stereocenters. The van der Waals surface area contributed by atoms with Crippen LogP contribution in [0.2, 0.25) is 0 Å². The summed E-state index contributed by atoms with van der Waals surface area (Å²) in [4.78, 5) is 16.0. The van der Waals surface area contributed by atoms with Gasteiger partial charge in [0.1, 0.15) is 5.82 Å². The monoisotopic (exact) mass is 271 g/mol. The van der Waals surface area contributed by atoms with Gasteiger partial charge in [0.2, 0.25) is 0 Å². The third kappa shape index (κ3) is 2.58. The van der Waals surface area contributed by atoms with Gasteiger partial charge in [0.15, 0.2) is 0 Å². The molecule has 0 bridgehead atoms. The van der Waals surface area contributed by atoms with Gasteiger partial charge >= 0.3 is 0 Å². The zero-order valence-corrected chi connectivity index (χ0v) is 12.4. The molecule has 0 aromatic carbocycles. The number of nitrogens with zero attached hydrogens (tertiary/aromatic N) is 5. The molecule has 1 aliphatic heterocycles. The Morgan fingerprint density at radius 3 is 2.80 bits per heavy atom. The Hall–Kier alpha value is -1.75. The minimum atomic E-state index is 0.445. The largest absolute Gasteiger partial charge is 0.332 e. The molecule has 2 aromatic rings. The highest BCUT2D eigenvalue weighted by atomic mass is 15.1. The molecule has 0 amide bonds.